The van der Waals surface area contributed by atoms with Crippen LogP contribution >= 0.6 is 11.8 Å². The van der Waals surface area contributed by atoms with Gasteiger partial charge in [-0.3, -0.25) is 9.59 Å². The Morgan fingerprint density at radius 1 is 0.976 bits per heavy atom. The van der Waals surface area contributed by atoms with Gasteiger partial charge in [-0.05, 0) is 73.1 Å². The molecule has 3 aliphatic heterocycles. The van der Waals surface area contributed by atoms with Gasteiger partial charge in [0.15, 0.2) is 0 Å². The average molecular weight is 589 g/mol. The Hall–Kier alpha value is -3.00. The summed E-state index contributed by atoms with van der Waals surface area (Å²) >= 11 is 1.72. The van der Waals surface area contributed by atoms with E-state index >= 15 is 0 Å². The molecular formula is C34H44N4O3S. The lowest BCUT2D eigenvalue weighted by Crippen LogP contribution is -2.50. The second-order valence-corrected chi connectivity index (χ2v) is 15.0. The summed E-state index contributed by atoms with van der Waals surface area (Å²) in [7, 11) is 0. The molecule has 4 aliphatic rings. The second-order valence-electron chi connectivity index (χ2n) is 13.5. The monoisotopic (exact) mass is 588 g/mol. The van der Waals surface area contributed by atoms with Gasteiger partial charge in [-0.1, -0.05) is 63.2 Å². The summed E-state index contributed by atoms with van der Waals surface area (Å²) in [5.74, 6) is 0.175. The third-order valence-electron chi connectivity index (χ3n) is 9.56. The summed E-state index contributed by atoms with van der Waals surface area (Å²) in [5, 5.41) is 2.71. The molecule has 8 heteroatoms. The van der Waals surface area contributed by atoms with E-state index in [0.717, 1.165) is 56.2 Å². The molecule has 224 valence electrons. The molecule has 2 saturated heterocycles. The van der Waals surface area contributed by atoms with Crippen LogP contribution in [0.1, 0.15) is 76.0 Å². The Kier molecular flexibility index (Phi) is 8.03. The summed E-state index contributed by atoms with van der Waals surface area (Å²) in [4.78, 5) is 46.3. The second kappa shape index (κ2) is 11.6. The SMILES string of the molecule is CC(C)(C)CCN1C(=O)C(CC(=O)N2CCC(N3CCc4ccccc4NC3=O)CC2)SC12CCCc1ccccc12. The van der Waals surface area contributed by atoms with Gasteiger partial charge in [-0.25, -0.2) is 4.79 Å². The number of likely N-dealkylation sites (tertiary alicyclic amines) is 1. The lowest BCUT2D eigenvalue weighted by molar-refractivity contribution is -0.138. The number of thioether (sulfide) groups is 1. The zero-order valence-corrected chi connectivity index (χ0v) is 26.0. The molecule has 42 heavy (non-hydrogen) atoms. The number of nitrogens with one attached hydrogen (secondary N) is 1. The maximum Gasteiger partial charge on any atom is 0.322 e. The molecule has 2 fully saturated rings. The minimum Gasteiger partial charge on any atom is -0.342 e. The van der Waals surface area contributed by atoms with Crippen molar-refractivity contribution in [2.75, 3.05) is 31.5 Å². The van der Waals surface area contributed by atoms with E-state index in [2.05, 4.69) is 61.3 Å². The molecule has 1 spiro atoms. The van der Waals surface area contributed by atoms with Gasteiger partial charge < -0.3 is 20.0 Å². The maximum atomic E-state index is 14.0. The highest BCUT2D eigenvalue weighted by Crippen LogP contribution is 2.56. The van der Waals surface area contributed by atoms with Crippen molar-refractivity contribution in [2.24, 2.45) is 5.41 Å². The number of urea groups is 1. The van der Waals surface area contributed by atoms with Crippen molar-refractivity contribution in [1.82, 2.24) is 14.7 Å². The van der Waals surface area contributed by atoms with E-state index in [1.165, 1.54) is 11.1 Å². The quantitative estimate of drug-likeness (QED) is 0.463. The van der Waals surface area contributed by atoms with Crippen molar-refractivity contribution < 1.29 is 14.4 Å². The topological polar surface area (TPSA) is 73.0 Å². The molecule has 6 rings (SSSR count). The number of nitrogens with zero attached hydrogens (tertiary/aromatic N) is 3. The Morgan fingerprint density at radius 2 is 1.69 bits per heavy atom. The fourth-order valence-corrected chi connectivity index (χ4v) is 9.02. The Balaban J connectivity index is 1.12. The minimum absolute atomic E-state index is 0.0499. The Bertz CT molecular complexity index is 1350. The van der Waals surface area contributed by atoms with Gasteiger partial charge in [0.05, 0.1) is 5.25 Å². The van der Waals surface area contributed by atoms with E-state index in [9.17, 15) is 14.4 Å². The van der Waals surface area contributed by atoms with Crippen LogP contribution in [-0.2, 0) is 27.3 Å². The number of hydrogen-bond acceptors (Lipinski definition) is 4. The molecule has 3 heterocycles. The van der Waals surface area contributed by atoms with Gasteiger partial charge in [-0.2, -0.15) is 0 Å². The first-order valence-electron chi connectivity index (χ1n) is 15.7. The lowest BCUT2D eigenvalue weighted by Gasteiger charge is -2.43. The van der Waals surface area contributed by atoms with Crippen LogP contribution in [0, 0.1) is 5.41 Å². The van der Waals surface area contributed by atoms with Gasteiger partial charge in [0.25, 0.3) is 0 Å². The standard InChI is InChI=1S/C34H44N4O3S/c1-33(2,3)18-22-38-31(40)29(42-34(38)17-8-11-24-9-4-6-12-27(24)34)23-30(39)36-19-15-26(16-20-36)37-21-14-25-10-5-7-13-28(25)35-32(37)41/h4-7,9-10,12-13,26,29H,8,11,14-23H2,1-3H3,(H,35,41). The summed E-state index contributed by atoms with van der Waals surface area (Å²) < 4.78 is 0. The van der Waals surface area contributed by atoms with Crippen molar-refractivity contribution in [3.8, 4) is 0 Å². The smallest absolute Gasteiger partial charge is 0.322 e. The highest BCUT2D eigenvalue weighted by Gasteiger charge is 2.54. The van der Waals surface area contributed by atoms with Crippen LogP contribution in [-0.4, -0.2) is 70.0 Å². The van der Waals surface area contributed by atoms with Crippen molar-refractivity contribution >= 4 is 35.3 Å². The van der Waals surface area contributed by atoms with E-state index in [0.29, 0.717) is 26.2 Å². The van der Waals surface area contributed by atoms with E-state index < -0.39 is 0 Å². The molecule has 2 aromatic carbocycles. The van der Waals surface area contributed by atoms with Crippen molar-refractivity contribution in [3.05, 3.63) is 65.2 Å². The third kappa shape index (κ3) is 5.67. The number of fused-ring (bicyclic) bond motifs is 3. The fourth-order valence-electron chi connectivity index (χ4n) is 7.20. The van der Waals surface area contributed by atoms with Crippen LogP contribution in [0.3, 0.4) is 0 Å². The average Bonchev–Trinajstić information content (AvgIpc) is 3.10. The van der Waals surface area contributed by atoms with Gasteiger partial charge >= 0.3 is 6.03 Å². The number of aryl methyl sites for hydroxylation is 1. The number of carbonyl (C=O) groups excluding carboxylic acids is 3. The molecule has 0 radical (unpaired) electrons. The molecule has 2 atom stereocenters. The van der Waals surface area contributed by atoms with Crippen LogP contribution in [0.25, 0.3) is 0 Å². The number of hydrogen-bond donors (Lipinski definition) is 1. The maximum absolute atomic E-state index is 14.0. The van der Waals surface area contributed by atoms with Crippen LogP contribution in [0.15, 0.2) is 48.5 Å². The molecule has 2 aromatic rings. The predicted octanol–water partition coefficient (Wildman–Crippen LogP) is 6.03. The van der Waals surface area contributed by atoms with Gasteiger partial charge in [-0.15, -0.1) is 11.8 Å². The zero-order chi connectivity index (χ0) is 29.5. The molecule has 4 amide bonds. The van der Waals surface area contributed by atoms with Crippen LogP contribution in [0.2, 0.25) is 0 Å². The lowest BCUT2D eigenvalue weighted by atomic mass is 9.85. The van der Waals surface area contributed by atoms with Gasteiger partial charge in [0, 0.05) is 44.3 Å². The molecule has 0 bridgehead atoms. The summed E-state index contributed by atoms with van der Waals surface area (Å²) in [5.41, 5.74) is 4.77. The van der Waals surface area contributed by atoms with Crippen molar-refractivity contribution in [1.29, 1.82) is 0 Å². The normalized spacial score (nSPS) is 24.8. The molecule has 0 saturated carbocycles. The first-order chi connectivity index (χ1) is 20.1. The summed E-state index contributed by atoms with van der Waals surface area (Å²) in [6, 6.07) is 16.6. The Labute approximate surface area is 254 Å². The summed E-state index contributed by atoms with van der Waals surface area (Å²) in [6.07, 6.45) is 6.53. The highest BCUT2D eigenvalue weighted by molar-refractivity contribution is 8.02. The minimum atomic E-state index is -0.382. The summed E-state index contributed by atoms with van der Waals surface area (Å²) in [6.45, 7) is 9.30. The van der Waals surface area contributed by atoms with Gasteiger partial charge in [0.1, 0.15) is 4.87 Å². The number of amides is 4. The molecule has 1 N–H and O–H groups in total. The number of benzene rings is 2. The van der Waals surface area contributed by atoms with E-state index in [-0.39, 0.29) is 45.8 Å². The number of anilines is 1. The van der Waals surface area contributed by atoms with Crippen molar-refractivity contribution in [3.63, 3.8) is 0 Å². The van der Waals surface area contributed by atoms with Crippen LogP contribution in [0.5, 0.6) is 0 Å². The molecular weight excluding hydrogens is 544 g/mol. The largest absolute Gasteiger partial charge is 0.342 e. The number of piperidine rings is 1. The first-order valence-corrected chi connectivity index (χ1v) is 16.5. The predicted molar refractivity (Wildman–Crippen MR) is 168 cm³/mol. The number of rotatable bonds is 5. The van der Waals surface area contributed by atoms with E-state index in [4.69, 9.17) is 0 Å². The Morgan fingerprint density at radius 3 is 2.45 bits per heavy atom. The van der Waals surface area contributed by atoms with E-state index in [1.54, 1.807) is 11.8 Å². The molecule has 1 aliphatic carbocycles. The number of carbonyl (C=O) groups is 3. The van der Waals surface area contributed by atoms with Crippen LogP contribution < -0.4 is 5.32 Å². The van der Waals surface area contributed by atoms with Gasteiger partial charge in [0.2, 0.25) is 11.8 Å². The third-order valence-corrected chi connectivity index (χ3v) is 11.2. The van der Waals surface area contributed by atoms with E-state index in [1.807, 2.05) is 28.0 Å². The highest BCUT2D eigenvalue weighted by atomic mass is 32.2. The van der Waals surface area contributed by atoms with Crippen LogP contribution in [0.4, 0.5) is 10.5 Å². The number of para-hydroxylation sites is 1. The zero-order valence-electron chi connectivity index (χ0n) is 25.2. The molecule has 2 unspecified atom stereocenters. The van der Waals surface area contributed by atoms with Crippen molar-refractivity contribution in [2.45, 2.75) is 88.3 Å². The fraction of sp³-hybridized carbons (Fsp3) is 0.559. The molecule has 0 aromatic heterocycles. The molecule has 7 nitrogen and oxygen atoms in total. The first kappa shape index (κ1) is 29.1.